The summed E-state index contributed by atoms with van der Waals surface area (Å²) in [6.07, 6.45) is 4.17. The highest BCUT2D eigenvalue weighted by molar-refractivity contribution is 7.13. The summed E-state index contributed by atoms with van der Waals surface area (Å²) in [5.41, 5.74) is 2.84. The molecule has 1 amide bonds. The van der Waals surface area contributed by atoms with Crippen LogP contribution in [0.15, 0.2) is 24.0 Å². The lowest BCUT2D eigenvalue weighted by molar-refractivity contribution is 0.102. The SMILES string of the molecule is CCCNc1ccncc1C(=O)Nc1nncs1. The van der Waals surface area contributed by atoms with Crippen molar-refractivity contribution in [3.63, 3.8) is 0 Å². The fourth-order valence-corrected chi connectivity index (χ4v) is 1.82. The highest BCUT2D eigenvalue weighted by atomic mass is 32.1. The third kappa shape index (κ3) is 3.01. The van der Waals surface area contributed by atoms with E-state index in [1.165, 1.54) is 17.5 Å². The summed E-state index contributed by atoms with van der Waals surface area (Å²) in [7, 11) is 0. The second-order valence-electron chi connectivity index (χ2n) is 3.55. The molecule has 0 fully saturated rings. The molecule has 18 heavy (non-hydrogen) atoms. The maximum atomic E-state index is 12.0. The first-order valence-corrected chi connectivity index (χ1v) is 6.44. The largest absolute Gasteiger partial charge is 0.384 e. The van der Waals surface area contributed by atoms with E-state index in [-0.39, 0.29) is 5.91 Å². The molecule has 2 N–H and O–H groups in total. The lowest BCUT2D eigenvalue weighted by Crippen LogP contribution is -2.15. The van der Waals surface area contributed by atoms with Gasteiger partial charge >= 0.3 is 0 Å². The molecule has 6 nitrogen and oxygen atoms in total. The summed E-state index contributed by atoms with van der Waals surface area (Å²) >= 11 is 1.27. The molecule has 2 aromatic heterocycles. The Morgan fingerprint density at radius 1 is 1.50 bits per heavy atom. The van der Waals surface area contributed by atoms with E-state index in [9.17, 15) is 4.79 Å². The fourth-order valence-electron chi connectivity index (χ4n) is 1.38. The third-order valence-electron chi connectivity index (χ3n) is 2.21. The smallest absolute Gasteiger partial charge is 0.261 e. The lowest BCUT2D eigenvalue weighted by Gasteiger charge is -2.09. The predicted molar refractivity (Wildman–Crippen MR) is 70.9 cm³/mol. The minimum absolute atomic E-state index is 0.238. The molecule has 94 valence electrons. The average Bonchev–Trinajstić information content (AvgIpc) is 2.89. The normalized spacial score (nSPS) is 10.1. The number of rotatable bonds is 5. The minimum atomic E-state index is -0.238. The molecule has 2 aromatic rings. The second kappa shape index (κ2) is 6.06. The van der Waals surface area contributed by atoms with Gasteiger partial charge in [-0.1, -0.05) is 18.3 Å². The van der Waals surface area contributed by atoms with E-state index < -0.39 is 0 Å². The minimum Gasteiger partial charge on any atom is -0.384 e. The molecule has 0 saturated heterocycles. The Labute approximate surface area is 108 Å². The van der Waals surface area contributed by atoms with Gasteiger partial charge < -0.3 is 5.32 Å². The van der Waals surface area contributed by atoms with E-state index in [2.05, 4.69) is 32.7 Å². The number of anilines is 2. The molecule has 0 radical (unpaired) electrons. The molecule has 2 rings (SSSR count). The summed E-state index contributed by atoms with van der Waals surface area (Å²) < 4.78 is 0. The average molecular weight is 263 g/mol. The molecule has 0 aliphatic carbocycles. The molecular weight excluding hydrogens is 250 g/mol. The van der Waals surface area contributed by atoms with Gasteiger partial charge in [0.15, 0.2) is 0 Å². The van der Waals surface area contributed by atoms with Crippen LogP contribution < -0.4 is 10.6 Å². The molecule has 0 atom stereocenters. The molecule has 0 bridgehead atoms. The van der Waals surface area contributed by atoms with Crippen molar-refractivity contribution in [1.82, 2.24) is 15.2 Å². The number of aromatic nitrogens is 3. The lowest BCUT2D eigenvalue weighted by atomic mass is 10.2. The van der Waals surface area contributed by atoms with Crippen LogP contribution in [0, 0.1) is 0 Å². The van der Waals surface area contributed by atoms with Crippen molar-refractivity contribution in [3.8, 4) is 0 Å². The van der Waals surface area contributed by atoms with Crippen molar-refractivity contribution in [2.24, 2.45) is 0 Å². The topological polar surface area (TPSA) is 79.8 Å². The number of amides is 1. The Balaban J connectivity index is 2.13. The number of nitrogens with zero attached hydrogens (tertiary/aromatic N) is 3. The number of hydrogen-bond donors (Lipinski definition) is 2. The second-order valence-corrected chi connectivity index (χ2v) is 4.38. The van der Waals surface area contributed by atoms with Crippen molar-refractivity contribution < 1.29 is 4.79 Å². The van der Waals surface area contributed by atoms with Crippen LogP contribution in [0.5, 0.6) is 0 Å². The van der Waals surface area contributed by atoms with Crippen LogP contribution in [0.25, 0.3) is 0 Å². The van der Waals surface area contributed by atoms with Crippen LogP contribution in [0.1, 0.15) is 23.7 Å². The monoisotopic (exact) mass is 263 g/mol. The van der Waals surface area contributed by atoms with Gasteiger partial charge in [-0.3, -0.25) is 15.1 Å². The molecular formula is C11H13N5OS. The van der Waals surface area contributed by atoms with E-state index in [4.69, 9.17) is 0 Å². The Morgan fingerprint density at radius 2 is 2.39 bits per heavy atom. The molecule has 0 aliphatic heterocycles. The van der Waals surface area contributed by atoms with Gasteiger partial charge in [0.2, 0.25) is 5.13 Å². The van der Waals surface area contributed by atoms with Crippen LogP contribution in [-0.4, -0.2) is 27.6 Å². The van der Waals surface area contributed by atoms with Crippen LogP contribution >= 0.6 is 11.3 Å². The zero-order valence-corrected chi connectivity index (χ0v) is 10.7. The van der Waals surface area contributed by atoms with Crippen molar-refractivity contribution in [2.75, 3.05) is 17.2 Å². The van der Waals surface area contributed by atoms with Gasteiger partial charge in [-0.25, -0.2) is 0 Å². The number of carbonyl (C=O) groups excluding carboxylic acids is 1. The summed E-state index contributed by atoms with van der Waals surface area (Å²) in [4.78, 5) is 16.0. The zero-order valence-electron chi connectivity index (χ0n) is 9.88. The Bertz CT molecular complexity index is 514. The first kappa shape index (κ1) is 12.4. The molecule has 0 aliphatic rings. The van der Waals surface area contributed by atoms with E-state index in [1.54, 1.807) is 17.8 Å². The van der Waals surface area contributed by atoms with Crippen molar-refractivity contribution in [2.45, 2.75) is 13.3 Å². The summed E-state index contributed by atoms with van der Waals surface area (Å²) in [5.74, 6) is -0.238. The van der Waals surface area contributed by atoms with Gasteiger partial charge in [-0.15, -0.1) is 10.2 Å². The first-order valence-electron chi connectivity index (χ1n) is 5.56. The Kier molecular flexibility index (Phi) is 4.19. The van der Waals surface area contributed by atoms with E-state index in [1.807, 2.05) is 0 Å². The maximum absolute atomic E-state index is 12.0. The fraction of sp³-hybridized carbons (Fsp3) is 0.273. The van der Waals surface area contributed by atoms with Crippen molar-refractivity contribution >= 4 is 28.1 Å². The molecule has 0 aromatic carbocycles. The number of nitrogens with one attached hydrogen (secondary N) is 2. The van der Waals surface area contributed by atoms with Crippen molar-refractivity contribution in [3.05, 3.63) is 29.5 Å². The number of carbonyl (C=O) groups is 1. The number of hydrogen-bond acceptors (Lipinski definition) is 6. The predicted octanol–water partition coefficient (Wildman–Crippen LogP) is 2.01. The molecule has 0 unspecified atom stereocenters. The van der Waals surface area contributed by atoms with E-state index in [0.29, 0.717) is 10.7 Å². The van der Waals surface area contributed by atoms with Gasteiger partial charge in [0.1, 0.15) is 5.51 Å². The standard InChI is InChI=1S/C11H13N5OS/c1-2-4-13-9-3-5-12-6-8(9)10(17)15-11-16-14-7-18-11/h3,5-7H,2,4H2,1H3,(H,12,13)(H,15,16,17). The molecule has 2 heterocycles. The van der Waals surface area contributed by atoms with Crippen LogP contribution in [0.4, 0.5) is 10.8 Å². The van der Waals surface area contributed by atoms with E-state index in [0.717, 1.165) is 18.7 Å². The first-order chi connectivity index (χ1) is 8.81. The van der Waals surface area contributed by atoms with Gasteiger partial charge in [0.25, 0.3) is 5.91 Å². The molecule has 0 spiro atoms. The summed E-state index contributed by atoms with van der Waals surface area (Å²) in [6, 6.07) is 1.78. The Morgan fingerprint density at radius 3 is 3.11 bits per heavy atom. The van der Waals surface area contributed by atoms with Gasteiger partial charge in [0.05, 0.1) is 11.3 Å². The van der Waals surface area contributed by atoms with Crippen LogP contribution in [0.2, 0.25) is 0 Å². The summed E-state index contributed by atoms with van der Waals surface area (Å²) in [6.45, 7) is 2.87. The van der Waals surface area contributed by atoms with Gasteiger partial charge in [-0.2, -0.15) is 0 Å². The number of pyridine rings is 1. The highest BCUT2D eigenvalue weighted by Gasteiger charge is 2.12. The van der Waals surface area contributed by atoms with E-state index >= 15 is 0 Å². The Hall–Kier alpha value is -2.02. The van der Waals surface area contributed by atoms with Crippen LogP contribution in [-0.2, 0) is 0 Å². The van der Waals surface area contributed by atoms with Crippen LogP contribution in [0.3, 0.4) is 0 Å². The van der Waals surface area contributed by atoms with Crippen molar-refractivity contribution in [1.29, 1.82) is 0 Å². The van der Waals surface area contributed by atoms with Gasteiger partial charge in [0, 0.05) is 18.9 Å². The quantitative estimate of drug-likeness (QED) is 0.862. The highest BCUT2D eigenvalue weighted by Crippen LogP contribution is 2.16. The molecule has 0 saturated carbocycles. The van der Waals surface area contributed by atoms with Gasteiger partial charge in [-0.05, 0) is 12.5 Å². The zero-order chi connectivity index (χ0) is 12.8. The summed E-state index contributed by atoms with van der Waals surface area (Å²) in [5, 5.41) is 13.8. The maximum Gasteiger partial charge on any atom is 0.261 e. The third-order valence-corrected chi connectivity index (χ3v) is 2.82. The molecule has 7 heteroatoms.